The van der Waals surface area contributed by atoms with Crippen molar-refractivity contribution in [2.24, 2.45) is 0 Å². The van der Waals surface area contributed by atoms with Crippen molar-refractivity contribution in [1.82, 2.24) is 0 Å². The van der Waals surface area contributed by atoms with Crippen molar-refractivity contribution in [2.75, 3.05) is 47.5 Å². The van der Waals surface area contributed by atoms with Gasteiger partial charge in [0, 0.05) is 12.8 Å². The van der Waals surface area contributed by atoms with Crippen molar-refractivity contribution < 1.29 is 42.9 Å². The largest absolute Gasteiger partial charge is 0.545 e. The van der Waals surface area contributed by atoms with Gasteiger partial charge in [0.2, 0.25) is 0 Å². The first-order valence-electron chi connectivity index (χ1n) is 36.8. The van der Waals surface area contributed by atoms with Crippen LogP contribution in [0.3, 0.4) is 0 Å². The van der Waals surface area contributed by atoms with Gasteiger partial charge < -0.3 is 33.3 Å². The molecule has 0 aromatic carbocycles. The smallest absolute Gasteiger partial charge is 0.306 e. The molecule has 0 aliphatic rings. The molecule has 0 bridgehead atoms. The first kappa shape index (κ1) is 81.0. The molecule has 2 unspecified atom stereocenters. The van der Waals surface area contributed by atoms with Gasteiger partial charge in [-0.2, -0.15) is 0 Å². The fourth-order valence-electron chi connectivity index (χ4n) is 11.4. The summed E-state index contributed by atoms with van der Waals surface area (Å²) >= 11 is 0. The molecule has 0 saturated carbocycles. The molecule has 9 heteroatoms. The number of aliphatic carboxylic acids is 1. The van der Waals surface area contributed by atoms with Gasteiger partial charge in [0.1, 0.15) is 13.2 Å². The van der Waals surface area contributed by atoms with Crippen molar-refractivity contribution >= 4 is 17.9 Å². The Morgan fingerprint density at radius 2 is 0.614 bits per heavy atom. The third-order valence-electron chi connectivity index (χ3n) is 17.0. The Kier molecular flexibility index (Phi) is 64.4. The highest BCUT2D eigenvalue weighted by atomic mass is 16.7. The van der Waals surface area contributed by atoms with Crippen LogP contribution in [-0.2, 0) is 33.3 Å². The zero-order valence-corrected chi connectivity index (χ0v) is 56.4. The molecule has 0 spiro atoms. The third kappa shape index (κ3) is 67.4. The fourth-order valence-corrected chi connectivity index (χ4v) is 11.4. The van der Waals surface area contributed by atoms with Crippen LogP contribution in [0.25, 0.3) is 0 Å². The zero-order chi connectivity index (χ0) is 60.5. The Morgan fingerprint density at radius 3 is 0.892 bits per heavy atom. The van der Waals surface area contributed by atoms with Gasteiger partial charge in [0.25, 0.3) is 0 Å². The van der Waals surface area contributed by atoms with Gasteiger partial charge in [0.05, 0.1) is 40.3 Å². The fraction of sp³-hybridized carbons (Fsp3) is 0.932. The van der Waals surface area contributed by atoms with Gasteiger partial charge in [-0.1, -0.05) is 347 Å². The number of esters is 2. The number of carbonyl (C=O) groups is 3. The number of nitrogens with zero attached hydrogens (tertiary/aromatic N) is 1. The van der Waals surface area contributed by atoms with Crippen LogP contribution in [0.2, 0.25) is 0 Å². The summed E-state index contributed by atoms with van der Waals surface area (Å²) < 4.78 is 22.8. The molecule has 83 heavy (non-hydrogen) atoms. The zero-order valence-electron chi connectivity index (χ0n) is 56.4. The summed E-state index contributed by atoms with van der Waals surface area (Å²) in [6.07, 6.45) is 77.5. The van der Waals surface area contributed by atoms with Crippen molar-refractivity contribution in [3.8, 4) is 0 Å². The van der Waals surface area contributed by atoms with E-state index in [9.17, 15) is 19.5 Å². The molecule has 492 valence electrons. The quantitative estimate of drug-likeness (QED) is 0.0195. The number of ether oxygens (including phenoxy) is 4. The van der Waals surface area contributed by atoms with Crippen molar-refractivity contribution in [2.45, 2.75) is 399 Å². The van der Waals surface area contributed by atoms with Crippen LogP contribution in [-0.4, -0.2) is 82.3 Å². The number of likely N-dealkylation sites (N-methyl/N-ethyl adjacent to an activating group) is 1. The van der Waals surface area contributed by atoms with E-state index < -0.39 is 24.3 Å². The van der Waals surface area contributed by atoms with Gasteiger partial charge >= 0.3 is 11.9 Å². The van der Waals surface area contributed by atoms with Gasteiger partial charge in [-0.15, -0.1) is 0 Å². The molecular weight excluding hydrogens is 1030 g/mol. The highest BCUT2D eigenvalue weighted by Crippen LogP contribution is 2.19. The normalized spacial score (nSPS) is 12.6. The minimum Gasteiger partial charge on any atom is -0.545 e. The van der Waals surface area contributed by atoms with Crippen LogP contribution in [0.15, 0.2) is 12.2 Å². The molecule has 0 heterocycles. The van der Waals surface area contributed by atoms with E-state index >= 15 is 0 Å². The predicted octanol–water partition coefficient (Wildman–Crippen LogP) is 21.5. The molecule has 0 saturated heterocycles. The minimum atomic E-state index is -1.62. The summed E-state index contributed by atoms with van der Waals surface area (Å²) in [7, 11) is 5.95. The Morgan fingerprint density at radius 1 is 0.349 bits per heavy atom. The van der Waals surface area contributed by atoms with Crippen LogP contribution >= 0.6 is 0 Å². The molecule has 0 radical (unpaired) electrons. The number of rotatable bonds is 70. The number of carboxylic acid groups (broad SMARTS) is 1. The summed E-state index contributed by atoms with van der Waals surface area (Å²) in [6.45, 7) is 4.83. The van der Waals surface area contributed by atoms with Crippen LogP contribution in [0.4, 0.5) is 0 Å². The molecule has 0 amide bonds. The van der Waals surface area contributed by atoms with Gasteiger partial charge in [-0.3, -0.25) is 9.59 Å². The van der Waals surface area contributed by atoms with E-state index in [-0.39, 0.29) is 32.2 Å². The number of carbonyl (C=O) groups excluding carboxylic acids is 3. The molecule has 0 aromatic heterocycles. The van der Waals surface area contributed by atoms with E-state index in [0.717, 1.165) is 38.5 Å². The first-order chi connectivity index (χ1) is 40.6. The summed E-state index contributed by atoms with van der Waals surface area (Å²) in [5.74, 6) is -2.25. The standard InChI is InChI=1S/C74H143NO8/c1-6-8-10-12-14-16-18-20-22-24-26-28-30-32-33-34-35-36-37-38-39-41-42-44-46-48-50-52-54-56-58-60-62-64-71(76)81-68-70(69-82-74(73(78)79)80-67-66-75(3,4)5)83-72(77)65-63-61-59-57-55-53-51-49-47-45-43-40-31-29-27-25-23-21-19-17-15-13-11-9-7-2/h25,27,70,74H,6-24,26,28-69H2,1-5H3/b27-25-. The lowest BCUT2D eigenvalue weighted by Gasteiger charge is -2.26. The summed E-state index contributed by atoms with van der Waals surface area (Å²) in [5.41, 5.74) is 0. The monoisotopic (exact) mass is 1170 g/mol. The molecule has 0 fully saturated rings. The van der Waals surface area contributed by atoms with Gasteiger partial charge in [0.15, 0.2) is 12.4 Å². The Bertz CT molecular complexity index is 1370. The number of hydrogen-bond donors (Lipinski definition) is 0. The second-order valence-electron chi connectivity index (χ2n) is 26.6. The topological polar surface area (TPSA) is 111 Å². The third-order valence-corrected chi connectivity index (χ3v) is 17.0. The van der Waals surface area contributed by atoms with Crippen LogP contribution < -0.4 is 5.11 Å². The van der Waals surface area contributed by atoms with Crippen LogP contribution in [0, 0.1) is 0 Å². The second kappa shape index (κ2) is 66.0. The van der Waals surface area contributed by atoms with Crippen molar-refractivity contribution in [3.05, 3.63) is 12.2 Å². The molecule has 0 aromatic rings. The Hall–Kier alpha value is -1.97. The summed E-state index contributed by atoms with van der Waals surface area (Å²) in [6, 6.07) is 0. The first-order valence-corrected chi connectivity index (χ1v) is 36.8. The molecule has 0 aliphatic heterocycles. The van der Waals surface area contributed by atoms with E-state index in [1.807, 2.05) is 21.1 Å². The highest BCUT2D eigenvalue weighted by Gasteiger charge is 2.22. The molecule has 2 atom stereocenters. The lowest BCUT2D eigenvalue weighted by molar-refractivity contribution is -0.870. The van der Waals surface area contributed by atoms with Gasteiger partial charge in [-0.05, 0) is 38.5 Å². The Labute approximate surface area is 516 Å². The lowest BCUT2D eigenvalue weighted by atomic mass is 10.0. The number of carboxylic acids is 1. The molecule has 9 nitrogen and oxygen atoms in total. The van der Waals surface area contributed by atoms with Crippen molar-refractivity contribution in [3.63, 3.8) is 0 Å². The summed E-state index contributed by atoms with van der Waals surface area (Å²) in [4.78, 5) is 37.5. The molecule has 0 rings (SSSR count). The van der Waals surface area contributed by atoms with Gasteiger partial charge in [-0.25, -0.2) is 0 Å². The summed E-state index contributed by atoms with van der Waals surface area (Å²) in [5, 5.41) is 11.8. The highest BCUT2D eigenvalue weighted by molar-refractivity contribution is 5.70. The number of unbranched alkanes of at least 4 members (excludes halogenated alkanes) is 53. The maximum absolute atomic E-state index is 12.9. The average Bonchev–Trinajstić information content (AvgIpc) is 3.46. The molecule has 0 N–H and O–H groups in total. The SMILES string of the molecule is CCCCCCCCCC/C=C\CCCCCCCCCCCCCCCC(=O)OC(COC(=O)CCCCCCCCCCCCCCCCCCCCCCCCCCCCCCCCCCC)COC(OCC[N+](C)(C)C)C(=O)[O-]. The van der Waals surface area contributed by atoms with Crippen LogP contribution in [0.1, 0.15) is 386 Å². The predicted molar refractivity (Wildman–Crippen MR) is 353 cm³/mol. The molecule has 0 aliphatic carbocycles. The number of allylic oxidation sites excluding steroid dienone is 2. The van der Waals surface area contributed by atoms with Crippen LogP contribution in [0.5, 0.6) is 0 Å². The molecular formula is C74H143NO8. The van der Waals surface area contributed by atoms with Crippen molar-refractivity contribution in [1.29, 1.82) is 0 Å². The van der Waals surface area contributed by atoms with E-state index in [1.165, 1.54) is 321 Å². The lowest BCUT2D eigenvalue weighted by Crippen LogP contribution is -2.44. The minimum absolute atomic E-state index is 0.152. The number of hydrogen-bond acceptors (Lipinski definition) is 8. The maximum Gasteiger partial charge on any atom is 0.306 e. The van der Waals surface area contributed by atoms with E-state index in [2.05, 4.69) is 26.0 Å². The van der Waals surface area contributed by atoms with E-state index in [0.29, 0.717) is 17.4 Å². The van der Waals surface area contributed by atoms with E-state index in [1.54, 1.807) is 0 Å². The number of quaternary nitrogens is 1. The average molecular weight is 1170 g/mol. The Balaban J connectivity index is 4.00. The maximum atomic E-state index is 12.9. The van der Waals surface area contributed by atoms with E-state index in [4.69, 9.17) is 18.9 Å². The second-order valence-corrected chi connectivity index (χ2v) is 26.6.